The quantitative estimate of drug-likeness (QED) is 0.832. The summed E-state index contributed by atoms with van der Waals surface area (Å²) in [7, 11) is 0. The highest BCUT2D eigenvalue weighted by Gasteiger charge is 2.21. The highest BCUT2D eigenvalue weighted by atomic mass is 32.2. The molecule has 0 saturated carbocycles. The van der Waals surface area contributed by atoms with Crippen LogP contribution in [-0.2, 0) is 0 Å². The minimum absolute atomic E-state index is 0.386. The number of nitrogens with zero attached hydrogens (tertiary/aromatic N) is 1. The molecule has 2 heterocycles. The molecule has 1 N–H and O–H groups in total. The maximum atomic E-state index is 4.36. The number of nitrogens with one attached hydrogen (secondary N) is 1. The maximum absolute atomic E-state index is 4.36. The Morgan fingerprint density at radius 3 is 3.06 bits per heavy atom. The van der Waals surface area contributed by atoms with Crippen LogP contribution in [0.5, 0.6) is 0 Å². The highest BCUT2D eigenvalue weighted by molar-refractivity contribution is 8.00. The molecule has 88 valence electrons. The molecular weight excluding hydrogens is 228 g/mol. The van der Waals surface area contributed by atoms with Crippen molar-refractivity contribution in [3.8, 4) is 0 Å². The van der Waals surface area contributed by atoms with Crippen molar-refractivity contribution in [3.63, 3.8) is 0 Å². The topological polar surface area (TPSA) is 24.9 Å². The predicted molar refractivity (Wildman–Crippen MR) is 74.2 cm³/mol. The second kappa shape index (κ2) is 4.67. The van der Waals surface area contributed by atoms with Gasteiger partial charge in [0.15, 0.2) is 0 Å². The van der Waals surface area contributed by atoms with Crippen LogP contribution in [0.15, 0.2) is 36.7 Å². The van der Waals surface area contributed by atoms with Gasteiger partial charge in [0, 0.05) is 28.6 Å². The van der Waals surface area contributed by atoms with Gasteiger partial charge in [-0.3, -0.25) is 4.98 Å². The largest absolute Gasteiger partial charge is 0.302 e. The van der Waals surface area contributed by atoms with Gasteiger partial charge in [-0.05, 0) is 18.4 Å². The van der Waals surface area contributed by atoms with E-state index in [1.54, 1.807) is 0 Å². The Labute approximate surface area is 106 Å². The van der Waals surface area contributed by atoms with Gasteiger partial charge in [0.2, 0.25) is 0 Å². The fourth-order valence-electron chi connectivity index (χ4n) is 2.30. The standard InChI is InChI=1S/C14H16N2S/c1-10-6-7-16-14(17-10)13-9-15-8-11-4-2-3-5-12(11)13/h2-5,8-10,14,16H,6-7H2,1H3. The maximum Gasteiger partial charge on any atom is 0.0813 e. The molecule has 1 fully saturated rings. The molecule has 3 heteroatoms. The van der Waals surface area contributed by atoms with E-state index in [0.717, 1.165) is 11.8 Å². The van der Waals surface area contributed by atoms with Crippen LogP contribution in [-0.4, -0.2) is 16.8 Å². The van der Waals surface area contributed by atoms with E-state index in [-0.39, 0.29) is 0 Å². The predicted octanol–water partition coefficient (Wildman–Crippen LogP) is 3.35. The average molecular weight is 244 g/mol. The van der Waals surface area contributed by atoms with Gasteiger partial charge in [-0.15, -0.1) is 11.8 Å². The third-order valence-electron chi connectivity index (χ3n) is 3.23. The van der Waals surface area contributed by atoms with Gasteiger partial charge in [-0.2, -0.15) is 0 Å². The van der Waals surface area contributed by atoms with Crippen LogP contribution < -0.4 is 5.32 Å². The first kappa shape index (κ1) is 11.1. The van der Waals surface area contributed by atoms with Gasteiger partial charge in [-0.1, -0.05) is 31.2 Å². The molecule has 1 saturated heterocycles. The van der Waals surface area contributed by atoms with Gasteiger partial charge in [0.05, 0.1) is 5.37 Å². The minimum Gasteiger partial charge on any atom is -0.302 e. The fourth-order valence-corrected chi connectivity index (χ4v) is 3.57. The zero-order chi connectivity index (χ0) is 11.7. The summed E-state index contributed by atoms with van der Waals surface area (Å²) in [4.78, 5) is 4.36. The summed E-state index contributed by atoms with van der Waals surface area (Å²) in [5.41, 5.74) is 1.32. The summed E-state index contributed by atoms with van der Waals surface area (Å²) in [6.45, 7) is 3.40. The number of benzene rings is 1. The second-order valence-corrected chi connectivity index (χ2v) is 6.07. The summed E-state index contributed by atoms with van der Waals surface area (Å²) in [6, 6.07) is 8.48. The van der Waals surface area contributed by atoms with E-state index >= 15 is 0 Å². The Balaban J connectivity index is 2.04. The molecule has 17 heavy (non-hydrogen) atoms. The van der Waals surface area contributed by atoms with Crippen molar-refractivity contribution < 1.29 is 0 Å². The normalized spacial score (nSPS) is 25.0. The molecule has 0 spiro atoms. The van der Waals surface area contributed by atoms with Crippen LogP contribution in [0.2, 0.25) is 0 Å². The highest BCUT2D eigenvalue weighted by Crippen LogP contribution is 2.36. The summed E-state index contributed by atoms with van der Waals surface area (Å²) in [6.07, 6.45) is 5.19. The van der Waals surface area contributed by atoms with Crippen LogP contribution in [0, 0.1) is 0 Å². The van der Waals surface area contributed by atoms with E-state index in [1.165, 1.54) is 22.8 Å². The number of pyridine rings is 1. The van der Waals surface area contributed by atoms with Gasteiger partial charge < -0.3 is 5.32 Å². The van der Waals surface area contributed by atoms with Gasteiger partial charge in [0.1, 0.15) is 0 Å². The molecule has 3 rings (SSSR count). The molecule has 2 unspecified atom stereocenters. The zero-order valence-electron chi connectivity index (χ0n) is 9.89. The average Bonchev–Trinajstić information content (AvgIpc) is 2.38. The Hall–Kier alpha value is -1.06. The van der Waals surface area contributed by atoms with Crippen molar-refractivity contribution in [1.82, 2.24) is 10.3 Å². The van der Waals surface area contributed by atoms with Crippen molar-refractivity contribution in [2.75, 3.05) is 6.54 Å². The van der Waals surface area contributed by atoms with E-state index in [0.29, 0.717) is 5.37 Å². The van der Waals surface area contributed by atoms with Crippen LogP contribution >= 0.6 is 11.8 Å². The number of aromatic nitrogens is 1. The van der Waals surface area contributed by atoms with Crippen molar-refractivity contribution in [2.24, 2.45) is 0 Å². The summed E-state index contributed by atoms with van der Waals surface area (Å²) in [5.74, 6) is 0. The smallest absolute Gasteiger partial charge is 0.0813 e. The summed E-state index contributed by atoms with van der Waals surface area (Å²) < 4.78 is 0. The van der Waals surface area contributed by atoms with Crippen molar-refractivity contribution in [2.45, 2.75) is 24.0 Å². The summed E-state index contributed by atoms with van der Waals surface area (Å²) in [5, 5.41) is 7.24. The van der Waals surface area contributed by atoms with Crippen LogP contribution in [0.4, 0.5) is 0 Å². The summed E-state index contributed by atoms with van der Waals surface area (Å²) >= 11 is 2.00. The molecule has 1 aromatic heterocycles. The van der Waals surface area contributed by atoms with E-state index in [2.05, 4.69) is 41.5 Å². The second-order valence-electron chi connectivity index (χ2n) is 4.52. The first-order chi connectivity index (χ1) is 8.34. The molecule has 0 bridgehead atoms. The van der Waals surface area contributed by atoms with E-state index < -0.39 is 0 Å². The van der Waals surface area contributed by atoms with E-state index in [9.17, 15) is 0 Å². The number of hydrogen-bond acceptors (Lipinski definition) is 3. The number of hydrogen-bond donors (Lipinski definition) is 1. The Morgan fingerprint density at radius 2 is 2.18 bits per heavy atom. The first-order valence-corrected chi connectivity index (χ1v) is 7.00. The van der Waals surface area contributed by atoms with Crippen LogP contribution in [0.25, 0.3) is 10.8 Å². The lowest BCUT2D eigenvalue weighted by atomic mass is 10.1. The number of thioether (sulfide) groups is 1. The van der Waals surface area contributed by atoms with Crippen LogP contribution in [0.3, 0.4) is 0 Å². The van der Waals surface area contributed by atoms with Crippen molar-refractivity contribution >= 4 is 22.5 Å². The lowest BCUT2D eigenvalue weighted by molar-refractivity contribution is 0.606. The van der Waals surface area contributed by atoms with Crippen molar-refractivity contribution in [1.29, 1.82) is 0 Å². The molecular formula is C14H16N2S. The molecule has 0 radical (unpaired) electrons. The third-order valence-corrected chi connectivity index (χ3v) is 4.62. The molecule has 1 aliphatic rings. The molecule has 0 amide bonds. The Morgan fingerprint density at radius 1 is 1.29 bits per heavy atom. The van der Waals surface area contributed by atoms with Crippen LogP contribution in [0.1, 0.15) is 24.3 Å². The molecule has 2 aromatic rings. The monoisotopic (exact) mass is 244 g/mol. The van der Waals surface area contributed by atoms with E-state index in [1.807, 2.05) is 24.2 Å². The molecule has 1 aromatic carbocycles. The fraction of sp³-hybridized carbons (Fsp3) is 0.357. The molecule has 0 aliphatic carbocycles. The van der Waals surface area contributed by atoms with Gasteiger partial charge in [0.25, 0.3) is 0 Å². The SMILES string of the molecule is CC1CCNC(c2cncc3ccccc23)S1. The number of rotatable bonds is 1. The molecule has 2 nitrogen and oxygen atoms in total. The number of fused-ring (bicyclic) bond motifs is 1. The van der Waals surface area contributed by atoms with Gasteiger partial charge in [-0.25, -0.2) is 0 Å². The molecule has 1 aliphatic heterocycles. The first-order valence-electron chi connectivity index (χ1n) is 6.06. The lowest BCUT2D eigenvalue weighted by Gasteiger charge is -2.28. The lowest BCUT2D eigenvalue weighted by Crippen LogP contribution is -2.29. The minimum atomic E-state index is 0.386. The van der Waals surface area contributed by atoms with Crippen molar-refractivity contribution in [3.05, 3.63) is 42.2 Å². The molecule has 2 atom stereocenters. The Bertz CT molecular complexity index is 521. The van der Waals surface area contributed by atoms with Gasteiger partial charge >= 0.3 is 0 Å². The third kappa shape index (κ3) is 2.17. The zero-order valence-corrected chi connectivity index (χ0v) is 10.7. The van der Waals surface area contributed by atoms with E-state index in [4.69, 9.17) is 0 Å². The Kier molecular flexibility index (Phi) is 3.04.